The van der Waals surface area contributed by atoms with E-state index in [4.69, 9.17) is 9.47 Å². The molecule has 2 fully saturated rings. The van der Waals surface area contributed by atoms with Crippen LogP contribution in [0.4, 0.5) is 27.8 Å². The van der Waals surface area contributed by atoms with E-state index >= 15 is 8.78 Å². The Labute approximate surface area is 387 Å². The van der Waals surface area contributed by atoms with Crippen LogP contribution in [0.1, 0.15) is 97.8 Å². The number of ether oxygens (including phenoxy) is 2. The number of piperidine rings is 2. The fraction of sp³-hybridized carbons (Fsp3) is 0.364. The maximum atomic E-state index is 15.1. The van der Waals surface area contributed by atoms with E-state index < -0.39 is 41.5 Å². The highest BCUT2D eigenvalue weighted by atomic mass is 32.2. The molecule has 0 aliphatic carbocycles. The molecule has 0 saturated carbocycles. The third-order valence-electron chi connectivity index (χ3n) is 12.3. The quantitative estimate of drug-likeness (QED) is 0.125. The number of nitrogens with zero attached hydrogens (tertiary/aromatic N) is 6. The molecular formula is C44H44F4N8O6S4. The van der Waals surface area contributed by atoms with Crippen molar-refractivity contribution < 1.29 is 43.9 Å². The number of benzene rings is 4. The molecule has 0 bridgehead atoms. The molecule has 10 rings (SSSR count). The highest BCUT2D eigenvalue weighted by Crippen LogP contribution is 2.46. The van der Waals surface area contributed by atoms with Gasteiger partial charge in [0.2, 0.25) is 10.3 Å². The van der Waals surface area contributed by atoms with Crippen LogP contribution in [0.2, 0.25) is 0 Å². The minimum absolute atomic E-state index is 0.0568. The number of rotatable bonds is 10. The zero-order valence-corrected chi connectivity index (χ0v) is 38.4. The van der Waals surface area contributed by atoms with E-state index in [1.807, 2.05) is 0 Å². The van der Waals surface area contributed by atoms with Gasteiger partial charge in [-0.15, -0.1) is 0 Å². The molecular weight excluding hydrogens is 941 g/mol. The summed E-state index contributed by atoms with van der Waals surface area (Å²) in [4.78, 5) is 11.2. The van der Waals surface area contributed by atoms with Gasteiger partial charge in [0.15, 0.2) is 0 Å². The van der Waals surface area contributed by atoms with Gasteiger partial charge in [-0.2, -0.15) is 8.75 Å². The zero-order valence-electron chi connectivity index (χ0n) is 35.2. The van der Waals surface area contributed by atoms with Gasteiger partial charge in [-0.05, 0) is 86.3 Å². The summed E-state index contributed by atoms with van der Waals surface area (Å²) in [6, 6.07) is 17.9. The molecule has 0 unspecified atom stereocenters. The van der Waals surface area contributed by atoms with Crippen LogP contribution in [0.15, 0.2) is 95.2 Å². The average Bonchev–Trinajstić information content (AvgIpc) is 4.03. The van der Waals surface area contributed by atoms with Crippen molar-refractivity contribution in [1.82, 2.24) is 28.5 Å². The largest absolute Gasteiger partial charge is 0.493 e. The van der Waals surface area contributed by atoms with Crippen LogP contribution in [0, 0.1) is 23.3 Å². The van der Waals surface area contributed by atoms with Crippen molar-refractivity contribution in [2.45, 2.75) is 85.3 Å². The summed E-state index contributed by atoms with van der Waals surface area (Å²) in [6.07, 6.45) is 9.69. The summed E-state index contributed by atoms with van der Waals surface area (Å²) >= 11 is 1.72. The van der Waals surface area contributed by atoms with Crippen LogP contribution in [0.25, 0.3) is 0 Å². The van der Waals surface area contributed by atoms with Gasteiger partial charge in [-0.1, -0.05) is 37.1 Å². The number of nitrogens with one attached hydrogen (secondary N) is 2. The summed E-state index contributed by atoms with van der Waals surface area (Å²) in [5.41, 5.74) is 3.29. The average molecular weight is 985 g/mol. The highest BCUT2D eigenvalue weighted by Gasteiger charge is 2.38. The topological polar surface area (TPSA) is 169 Å². The zero-order chi connectivity index (χ0) is 46.0. The molecule has 4 aromatic carbocycles. The SMILES string of the molecule is O=S(=O)(Nc1ncns1)c1cc2c(cc1F)[C@@H](N1CCCC[C@@H]1c1ccc(F)cc1)CCO2.O=S(=O)(Nc1ncns1)c1cc2c(cc1F)[C@@H](N1CCCC[C@H]1c1ccc(F)cc1)CCO2. The number of anilines is 2. The molecule has 0 amide bonds. The van der Waals surface area contributed by atoms with Crippen molar-refractivity contribution in [1.29, 1.82) is 0 Å². The second-order valence-corrected chi connectivity index (χ2v) is 21.1. The van der Waals surface area contributed by atoms with Crippen molar-refractivity contribution in [3.8, 4) is 11.5 Å². The van der Waals surface area contributed by atoms with E-state index in [0.29, 0.717) is 48.7 Å². The van der Waals surface area contributed by atoms with Crippen LogP contribution >= 0.6 is 23.1 Å². The number of hydrogen-bond donors (Lipinski definition) is 2. The Bertz CT molecular complexity index is 2670. The summed E-state index contributed by atoms with van der Waals surface area (Å²) < 4.78 is 132. The number of halogens is 4. The standard InChI is InChI=1S/2C22H22F2N4O3S2/c2*23-15-6-4-14(5-7-15)18-3-1-2-9-28(18)19-8-10-31-20-12-21(17(24)11-16(19)20)33(29,30)27-22-25-13-26-32-22/h2*4-7,11-13,18-19H,1-3,8-10H2,(H,25,26,27)/t18-,19+;18-,19-/m10/s1. The molecule has 4 aliphatic rings. The van der Waals surface area contributed by atoms with Crippen molar-refractivity contribution >= 4 is 53.4 Å². The van der Waals surface area contributed by atoms with E-state index in [-0.39, 0.29) is 46.1 Å². The molecule has 6 aromatic rings. The lowest BCUT2D eigenvalue weighted by molar-refractivity contribution is 0.0664. The van der Waals surface area contributed by atoms with Gasteiger partial charge in [0.25, 0.3) is 20.0 Å². The Kier molecular flexibility index (Phi) is 13.6. The van der Waals surface area contributed by atoms with Gasteiger partial charge in [0.1, 0.15) is 57.2 Å². The van der Waals surface area contributed by atoms with Crippen LogP contribution in [-0.2, 0) is 20.0 Å². The third kappa shape index (κ3) is 9.89. The molecule has 4 atom stereocenters. The minimum Gasteiger partial charge on any atom is -0.493 e. The van der Waals surface area contributed by atoms with Gasteiger partial charge < -0.3 is 9.47 Å². The molecule has 6 heterocycles. The van der Waals surface area contributed by atoms with E-state index in [2.05, 4.69) is 38.0 Å². The number of aromatic nitrogens is 4. The Morgan fingerprint density at radius 3 is 1.33 bits per heavy atom. The summed E-state index contributed by atoms with van der Waals surface area (Å²) in [7, 11) is -8.39. The molecule has 0 spiro atoms. The molecule has 22 heteroatoms. The maximum Gasteiger partial charge on any atom is 0.266 e. The first-order chi connectivity index (χ1) is 31.8. The maximum absolute atomic E-state index is 15.1. The first-order valence-corrected chi connectivity index (χ1v) is 25.9. The fourth-order valence-corrected chi connectivity index (χ4v) is 12.8. The minimum atomic E-state index is -4.19. The van der Waals surface area contributed by atoms with Crippen LogP contribution in [0.5, 0.6) is 11.5 Å². The summed E-state index contributed by atoms with van der Waals surface area (Å²) in [6.45, 7) is 2.40. The Morgan fingerprint density at radius 1 is 0.545 bits per heavy atom. The fourth-order valence-electron chi connectivity index (χ4n) is 9.36. The lowest BCUT2D eigenvalue weighted by atomic mass is 9.89. The molecule has 2 aromatic heterocycles. The smallest absolute Gasteiger partial charge is 0.266 e. The molecule has 4 aliphatic heterocycles. The van der Waals surface area contributed by atoms with E-state index in [0.717, 1.165) is 85.8 Å². The van der Waals surface area contributed by atoms with E-state index in [1.54, 1.807) is 24.3 Å². The highest BCUT2D eigenvalue weighted by molar-refractivity contribution is 7.93. The van der Waals surface area contributed by atoms with E-state index in [9.17, 15) is 25.6 Å². The normalized spacial score (nSPS) is 21.3. The first kappa shape index (κ1) is 45.9. The second-order valence-electron chi connectivity index (χ2n) is 16.3. The van der Waals surface area contributed by atoms with Crippen LogP contribution < -0.4 is 18.9 Å². The number of likely N-dealkylation sites (tertiary alicyclic amines) is 2. The first-order valence-electron chi connectivity index (χ1n) is 21.4. The van der Waals surface area contributed by atoms with Crippen LogP contribution in [0.3, 0.4) is 0 Å². The third-order valence-corrected chi connectivity index (χ3v) is 16.4. The monoisotopic (exact) mass is 984 g/mol. The van der Waals surface area contributed by atoms with Gasteiger partial charge in [0, 0.05) is 83.3 Å². The number of sulfonamides is 2. The van der Waals surface area contributed by atoms with Crippen LogP contribution in [-0.4, -0.2) is 71.7 Å². The predicted octanol–water partition coefficient (Wildman–Crippen LogP) is 9.34. The summed E-state index contributed by atoms with van der Waals surface area (Å²) in [5, 5.41) is 0.114. The van der Waals surface area contributed by atoms with Gasteiger partial charge in [0.05, 0.1) is 13.2 Å². The Morgan fingerprint density at radius 2 is 0.955 bits per heavy atom. The molecule has 2 saturated heterocycles. The van der Waals surface area contributed by atoms with Gasteiger partial charge in [-0.25, -0.2) is 44.4 Å². The van der Waals surface area contributed by atoms with Crippen molar-refractivity contribution in [3.05, 3.63) is 131 Å². The molecule has 14 nitrogen and oxygen atoms in total. The molecule has 2 N–H and O–H groups in total. The lowest BCUT2D eigenvalue weighted by Gasteiger charge is -2.43. The van der Waals surface area contributed by atoms with Gasteiger partial charge in [-0.3, -0.25) is 19.2 Å². The Hall–Kier alpha value is -5.26. The summed E-state index contributed by atoms with van der Waals surface area (Å²) in [5.74, 6) is -1.55. The Balaban J connectivity index is 0.000000166. The number of hydrogen-bond acceptors (Lipinski definition) is 14. The van der Waals surface area contributed by atoms with Crippen molar-refractivity contribution in [3.63, 3.8) is 0 Å². The van der Waals surface area contributed by atoms with E-state index in [1.165, 1.54) is 61.2 Å². The second kappa shape index (κ2) is 19.5. The molecule has 66 heavy (non-hydrogen) atoms. The molecule has 348 valence electrons. The lowest BCUT2D eigenvalue weighted by Crippen LogP contribution is -2.39. The van der Waals surface area contributed by atoms with Gasteiger partial charge >= 0.3 is 0 Å². The van der Waals surface area contributed by atoms with Crippen molar-refractivity contribution in [2.75, 3.05) is 35.7 Å². The molecule has 0 radical (unpaired) electrons. The predicted molar refractivity (Wildman–Crippen MR) is 239 cm³/mol. The number of fused-ring (bicyclic) bond motifs is 2. The van der Waals surface area contributed by atoms with Crippen molar-refractivity contribution in [2.24, 2.45) is 0 Å².